The van der Waals surface area contributed by atoms with Crippen LogP contribution in [-0.2, 0) is 0 Å². The van der Waals surface area contributed by atoms with Crippen LogP contribution < -0.4 is 10.6 Å². The lowest BCUT2D eigenvalue weighted by Crippen LogP contribution is -2.43. The lowest BCUT2D eigenvalue weighted by molar-refractivity contribution is 0.0933. The first-order valence-corrected chi connectivity index (χ1v) is 5.91. The van der Waals surface area contributed by atoms with Gasteiger partial charge >= 0.3 is 0 Å². The number of H-pyrrole nitrogens is 1. The largest absolute Gasteiger partial charge is 0.341 e. The summed E-state index contributed by atoms with van der Waals surface area (Å²) in [7, 11) is 0. The fourth-order valence-electron chi connectivity index (χ4n) is 1.71. The van der Waals surface area contributed by atoms with Crippen LogP contribution in [0.25, 0.3) is 0 Å². The minimum absolute atomic E-state index is 0.280. The molecule has 0 aromatic carbocycles. The van der Waals surface area contributed by atoms with E-state index in [1.165, 1.54) is 0 Å². The topological polar surface area (TPSA) is 126 Å². The number of aromatic nitrogens is 7. The minimum Gasteiger partial charge on any atom is -0.341 e. The monoisotopic (exact) mass is 263 g/mol. The third-order valence-corrected chi connectivity index (χ3v) is 2.97. The molecule has 10 heteroatoms. The Balaban J connectivity index is 1.65. The first-order chi connectivity index (χ1) is 9.24. The van der Waals surface area contributed by atoms with E-state index in [1.807, 2.05) is 0 Å². The number of hydrogen-bond donors (Lipinski definition) is 3. The second-order valence-electron chi connectivity index (χ2n) is 4.36. The number of hydrogen-bond acceptors (Lipinski definition) is 7. The summed E-state index contributed by atoms with van der Waals surface area (Å²) in [6.45, 7) is 3.47. The van der Waals surface area contributed by atoms with Crippen molar-refractivity contribution < 1.29 is 4.79 Å². The van der Waals surface area contributed by atoms with Crippen molar-refractivity contribution in [2.45, 2.75) is 19.0 Å². The van der Waals surface area contributed by atoms with E-state index in [2.05, 4.69) is 41.6 Å². The van der Waals surface area contributed by atoms with Crippen molar-refractivity contribution in [1.29, 1.82) is 0 Å². The fourth-order valence-corrected chi connectivity index (χ4v) is 1.71. The Bertz CT molecular complexity index is 558. The number of aromatic amines is 1. The van der Waals surface area contributed by atoms with Crippen LogP contribution in [0.4, 0.5) is 0 Å². The summed E-state index contributed by atoms with van der Waals surface area (Å²) in [5.41, 5.74) is 0.280. The number of carbonyl (C=O) groups excluding carboxylic acids is 1. The van der Waals surface area contributed by atoms with Gasteiger partial charge in [-0.05, 0) is 6.92 Å². The van der Waals surface area contributed by atoms with Gasteiger partial charge in [0.2, 0.25) is 0 Å². The third kappa shape index (κ3) is 2.29. The highest BCUT2D eigenvalue weighted by Crippen LogP contribution is 2.10. The number of nitrogens with one attached hydrogen (secondary N) is 3. The van der Waals surface area contributed by atoms with Crippen molar-refractivity contribution in [3.8, 4) is 0 Å². The summed E-state index contributed by atoms with van der Waals surface area (Å²) in [5, 5.41) is 27.1. The van der Waals surface area contributed by atoms with E-state index in [9.17, 15) is 4.79 Å². The summed E-state index contributed by atoms with van der Waals surface area (Å²) in [5.74, 6) is 0.111. The summed E-state index contributed by atoms with van der Waals surface area (Å²) >= 11 is 0. The predicted octanol–water partition coefficient (Wildman–Crippen LogP) is -1.57. The van der Waals surface area contributed by atoms with E-state index in [0.717, 1.165) is 13.1 Å². The Morgan fingerprint density at radius 3 is 3.00 bits per heavy atom. The van der Waals surface area contributed by atoms with Gasteiger partial charge in [-0.2, -0.15) is 5.21 Å². The second kappa shape index (κ2) is 4.72. The standard InChI is InChI=1S/C9H13N9O/c1-5(8-13-15-16-14-8)11-9(19)7-4-18(17-12-7)6-2-10-3-6/h4-6,10H,2-3H2,1H3,(H,11,19)(H,13,14,15,16). The Morgan fingerprint density at radius 2 is 2.37 bits per heavy atom. The molecule has 1 saturated heterocycles. The van der Waals surface area contributed by atoms with Crippen molar-refractivity contribution in [3.63, 3.8) is 0 Å². The van der Waals surface area contributed by atoms with Crippen LogP contribution in [0, 0.1) is 0 Å². The smallest absolute Gasteiger partial charge is 0.274 e. The molecule has 2 aromatic rings. The molecule has 1 aliphatic heterocycles. The molecule has 0 aliphatic carbocycles. The minimum atomic E-state index is -0.346. The van der Waals surface area contributed by atoms with Crippen LogP contribution in [0.15, 0.2) is 6.20 Å². The van der Waals surface area contributed by atoms with Gasteiger partial charge < -0.3 is 10.6 Å². The lowest BCUT2D eigenvalue weighted by Gasteiger charge is -2.26. The molecule has 0 spiro atoms. The van der Waals surface area contributed by atoms with Crippen molar-refractivity contribution in [3.05, 3.63) is 17.7 Å². The molecule has 100 valence electrons. The Morgan fingerprint density at radius 1 is 1.53 bits per heavy atom. The summed E-state index contributed by atoms with van der Waals surface area (Å²) in [6.07, 6.45) is 1.64. The van der Waals surface area contributed by atoms with Gasteiger partial charge in [0.1, 0.15) is 0 Å². The van der Waals surface area contributed by atoms with E-state index in [4.69, 9.17) is 0 Å². The number of carbonyl (C=O) groups is 1. The maximum Gasteiger partial charge on any atom is 0.274 e. The van der Waals surface area contributed by atoms with Gasteiger partial charge in [0.05, 0.1) is 18.3 Å². The SMILES string of the molecule is CC(NC(=O)c1cn(C2CNC2)nn1)c1nn[nH]n1. The normalized spacial score (nSPS) is 16.9. The zero-order chi connectivity index (χ0) is 13.2. The highest BCUT2D eigenvalue weighted by molar-refractivity contribution is 5.92. The van der Waals surface area contributed by atoms with Crippen molar-refractivity contribution in [2.24, 2.45) is 0 Å². The van der Waals surface area contributed by atoms with Gasteiger partial charge in [-0.3, -0.25) is 4.79 Å². The maximum atomic E-state index is 12.0. The van der Waals surface area contributed by atoms with E-state index in [1.54, 1.807) is 17.8 Å². The average molecular weight is 263 g/mol. The van der Waals surface area contributed by atoms with Gasteiger partial charge in [0, 0.05) is 13.1 Å². The Kier molecular flexibility index (Phi) is 2.91. The number of rotatable bonds is 4. The van der Waals surface area contributed by atoms with Crippen LogP contribution in [0.2, 0.25) is 0 Å². The highest BCUT2D eigenvalue weighted by Gasteiger charge is 2.22. The second-order valence-corrected chi connectivity index (χ2v) is 4.36. The highest BCUT2D eigenvalue weighted by atomic mass is 16.2. The van der Waals surface area contributed by atoms with E-state index in [0.29, 0.717) is 5.82 Å². The van der Waals surface area contributed by atoms with Gasteiger partial charge in [-0.1, -0.05) is 10.4 Å². The molecule has 1 fully saturated rings. The molecule has 19 heavy (non-hydrogen) atoms. The quantitative estimate of drug-likeness (QED) is 0.608. The first kappa shape index (κ1) is 11.7. The van der Waals surface area contributed by atoms with E-state index < -0.39 is 0 Å². The Hall–Kier alpha value is -2.36. The maximum absolute atomic E-state index is 12.0. The first-order valence-electron chi connectivity index (χ1n) is 5.91. The van der Waals surface area contributed by atoms with Crippen LogP contribution in [0.1, 0.15) is 35.3 Å². The third-order valence-electron chi connectivity index (χ3n) is 2.97. The molecule has 1 unspecified atom stereocenters. The molecule has 3 rings (SSSR count). The Labute approximate surface area is 108 Å². The number of amides is 1. The lowest BCUT2D eigenvalue weighted by atomic mass is 10.2. The zero-order valence-corrected chi connectivity index (χ0v) is 10.2. The van der Waals surface area contributed by atoms with Crippen LogP contribution >= 0.6 is 0 Å². The molecular formula is C9H13N9O. The number of tetrazole rings is 1. The van der Waals surface area contributed by atoms with Crippen LogP contribution in [0.5, 0.6) is 0 Å². The molecule has 2 aromatic heterocycles. The van der Waals surface area contributed by atoms with Gasteiger partial charge in [0.15, 0.2) is 11.5 Å². The molecule has 3 N–H and O–H groups in total. The molecule has 0 radical (unpaired) electrons. The summed E-state index contributed by atoms with van der Waals surface area (Å²) in [4.78, 5) is 12.0. The molecule has 1 amide bonds. The van der Waals surface area contributed by atoms with Crippen LogP contribution in [-0.4, -0.2) is 54.6 Å². The zero-order valence-electron chi connectivity index (χ0n) is 10.2. The molecule has 1 aliphatic rings. The van der Waals surface area contributed by atoms with Crippen LogP contribution in [0.3, 0.4) is 0 Å². The summed E-state index contributed by atoms with van der Waals surface area (Å²) < 4.78 is 1.70. The molecule has 0 bridgehead atoms. The van der Waals surface area contributed by atoms with Gasteiger partial charge in [-0.15, -0.1) is 15.3 Å². The molecular weight excluding hydrogens is 250 g/mol. The predicted molar refractivity (Wildman–Crippen MR) is 62.0 cm³/mol. The fraction of sp³-hybridized carbons (Fsp3) is 0.556. The van der Waals surface area contributed by atoms with Crippen molar-refractivity contribution in [1.82, 2.24) is 46.3 Å². The van der Waals surface area contributed by atoms with Gasteiger partial charge in [0.25, 0.3) is 5.91 Å². The number of nitrogens with zero attached hydrogens (tertiary/aromatic N) is 6. The molecule has 1 atom stereocenters. The van der Waals surface area contributed by atoms with E-state index >= 15 is 0 Å². The molecule has 3 heterocycles. The van der Waals surface area contributed by atoms with Gasteiger partial charge in [-0.25, -0.2) is 4.68 Å². The molecule has 10 nitrogen and oxygen atoms in total. The van der Waals surface area contributed by atoms with E-state index in [-0.39, 0.29) is 23.7 Å². The molecule has 0 saturated carbocycles. The van der Waals surface area contributed by atoms with Crippen molar-refractivity contribution in [2.75, 3.05) is 13.1 Å². The average Bonchev–Trinajstić information content (AvgIpc) is 2.97. The van der Waals surface area contributed by atoms with Crippen molar-refractivity contribution >= 4 is 5.91 Å². The summed E-state index contributed by atoms with van der Waals surface area (Å²) in [6, 6.07) is -0.0644.